The number of aryl methyl sites for hydroxylation is 2. The Bertz CT molecular complexity index is 1020. The topological polar surface area (TPSA) is 69.0 Å². The maximum absolute atomic E-state index is 13.0. The number of hydrogen-bond acceptors (Lipinski definition) is 5. The van der Waals surface area contributed by atoms with Gasteiger partial charge in [-0.05, 0) is 68.3 Å². The zero-order chi connectivity index (χ0) is 21.7. The minimum absolute atomic E-state index is 0.159. The summed E-state index contributed by atoms with van der Waals surface area (Å²) in [6.45, 7) is 6.74. The molecule has 9 heteroatoms. The Morgan fingerprint density at radius 2 is 1.87 bits per heavy atom. The summed E-state index contributed by atoms with van der Waals surface area (Å²) in [5.74, 6) is 0.989. The fourth-order valence-corrected chi connectivity index (χ4v) is 3.78. The molecule has 3 rings (SSSR count). The van der Waals surface area contributed by atoms with E-state index in [9.17, 15) is 9.18 Å². The van der Waals surface area contributed by atoms with Crippen LogP contribution in [-0.4, -0.2) is 26.4 Å². The summed E-state index contributed by atoms with van der Waals surface area (Å²) in [5, 5.41) is 12.5. The third-order valence-corrected chi connectivity index (χ3v) is 5.91. The van der Waals surface area contributed by atoms with Gasteiger partial charge in [-0.25, -0.2) is 4.39 Å². The monoisotopic (exact) mass is 448 g/mol. The summed E-state index contributed by atoms with van der Waals surface area (Å²) in [6, 6.07) is 9.40. The number of carbonyl (C=O) groups excluding carboxylic acids is 1. The Labute approximate surface area is 183 Å². The molecule has 0 unspecified atom stereocenters. The number of ether oxygens (including phenoxy) is 1. The van der Waals surface area contributed by atoms with E-state index in [1.807, 2.05) is 37.5 Å². The zero-order valence-corrected chi connectivity index (χ0v) is 18.5. The summed E-state index contributed by atoms with van der Waals surface area (Å²) >= 11 is 7.48. The van der Waals surface area contributed by atoms with Gasteiger partial charge in [0.1, 0.15) is 18.2 Å². The number of aromatic nitrogens is 3. The van der Waals surface area contributed by atoms with Crippen molar-refractivity contribution in [3.8, 4) is 5.75 Å². The summed E-state index contributed by atoms with van der Waals surface area (Å²) in [6.07, 6.45) is 0. The van der Waals surface area contributed by atoms with E-state index < -0.39 is 0 Å². The molecular formula is C21H22ClFN4O2S. The number of amides is 1. The van der Waals surface area contributed by atoms with Crippen LogP contribution in [-0.2, 0) is 17.9 Å². The smallest absolute Gasteiger partial charge is 0.234 e. The van der Waals surface area contributed by atoms with Crippen molar-refractivity contribution >= 4 is 35.0 Å². The average molecular weight is 449 g/mol. The van der Waals surface area contributed by atoms with Gasteiger partial charge in [-0.2, -0.15) is 0 Å². The van der Waals surface area contributed by atoms with Crippen molar-refractivity contribution in [3.63, 3.8) is 0 Å². The van der Waals surface area contributed by atoms with Gasteiger partial charge < -0.3 is 14.6 Å². The lowest BCUT2D eigenvalue weighted by molar-refractivity contribution is -0.113. The number of hydrogen-bond donors (Lipinski definition) is 1. The maximum atomic E-state index is 13.0. The van der Waals surface area contributed by atoms with E-state index in [0.29, 0.717) is 29.0 Å². The molecule has 1 heterocycles. The van der Waals surface area contributed by atoms with Crippen molar-refractivity contribution in [3.05, 3.63) is 64.2 Å². The standard InChI is InChI=1S/C21H22ClFN4O2S/c1-4-27-18(11-29-17-9-13(2)20(22)14(3)10-17)25-26-21(27)30-12-19(28)24-16-7-5-15(23)6-8-16/h5-10H,4,11-12H2,1-3H3,(H,24,28). The van der Waals surface area contributed by atoms with Crippen molar-refractivity contribution in [2.24, 2.45) is 0 Å². The summed E-state index contributed by atoms with van der Waals surface area (Å²) in [4.78, 5) is 12.2. The molecule has 0 aliphatic carbocycles. The molecule has 0 fully saturated rings. The minimum Gasteiger partial charge on any atom is -0.486 e. The Kier molecular flexibility index (Phi) is 7.33. The summed E-state index contributed by atoms with van der Waals surface area (Å²) in [7, 11) is 0. The summed E-state index contributed by atoms with van der Waals surface area (Å²) in [5.41, 5.74) is 2.45. The van der Waals surface area contributed by atoms with Gasteiger partial charge in [-0.3, -0.25) is 4.79 Å². The van der Waals surface area contributed by atoms with Crippen LogP contribution in [0.2, 0.25) is 5.02 Å². The Morgan fingerprint density at radius 3 is 2.50 bits per heavy atom. The van der Waals surface area contributed by atoms with Crippen LogP contribution in [0.1, 0.15) is 23.9 Å². The van der Waals surface area contributed by atoms with Crippen molar-refractivity contribution in [1.29, 1.82) is 0 Å². The molecule has 0 saturated heterocycles. The number of anilines is 1. The number of nitrogens with one attached hydrogen (secondary N) is 1. The number of rotatable bonds is 8. The highest BCUT2D eigenvalue weighted by molar-refractivity contribution is 7.99. The van der Waals surface area contributed by atoms with Gasteiger partial charge in [0.25, 0.3) is 0 Å². The minimum atomic E-state index is -0.350. The lowest BCUT2D eigenvalue weighted by Gasteiger charge is -2.11. The Balaban J connectivity index is 1.59. The van der Waals surface area contributed by atoms with Gasteiger partial charge in [0.2, 0.25) is 5.91 Å². The third-order valence-electron chi connectivity index (χ3n) is 4.35. The van der Waals surface area contributed by atoms with E-state index in [-0.39, 0.29) is 24.1 Å². The van der Waals surface area contributed by atoms with Gasteiger partial charge in [-0.1, -0.05) is 23.4 Å². The molecule has 1 amide bonds. The van der Waals surface area contributed by atoms with Gasteiger partial charge in [0, 0.05) is 17.3 Å². The lowest BCUT2D eigenvalue weighted by Crippen LogP contribution is -2.15. The molecule has 3 aromatic rings. The molecular weight excluding hydrogens is 427 g/mol. The van der Waals surface area contributed by atoms with E-state index in [1.54, 1.807) is 0 Å². The number of nitrogens with zero attached hydrogens (tertiary/aromatic N) is 3. The molecule has 158 valence electrons. The second-order valence-corrected chi connectivity index (χ2v) is 7.97. The first-order valence-electron chi connectivity index (χ1n) is 9.37. The second kappa shape index (κ2) is 9.95. The molecule has 0 bridgehead atoms. The van der Waals surface area contributed by atoms with Crippen molar-refractivity contribution in [2.75, 3.05) is 11.1 Å². The summed E-state index contributed by atoms with van der Waals surface area (Å²) < 4.78 is 20.7. The van der Waals surface area contributed by atoms with Crippen LogP contribution in [0.4, 0.5) is 10.1 Å². The van der Waals surface area contributed by atoms with Crippen molar-refractivity contribution < 1.29 is 13.9 Å². The second-order valence-electron chi connectivity index (χ2n) is 6.65. The Morgan fingerprint density at radius 1 is 1.20 bits per heavy atom. The van der Waals surface area contributed by atoms with E-state index in [1.165, 1.54) is 36.0 Å². The first-order chi connectivity index (χ1) is 14.4. The predicted molar refractivity (Wildman–Crippen MR) is 117 cm³/mol. The van der Waals surface area contributed by atoms with Crippen LogP contribution >= 0.6 is 23.4 Å². The largest absolute Gasteiger partial charge is 0.486 e. The van der Waals surface area contributed by atoms with Crippen molar-refractivity contribution in [1.82, 2.24) is 14.8 Å². The van der Waals surface area contributed by atoms with Gasteiger partial charge >= 0.3 is 0 Å². The van der Waals surface area contributed by atoms with Crippen LogP contribution in [0.3, 0.4) is 0 Å². The maximum Gasteiger partial charge on any atom is 0.234 e. The van der Waals surface area contributed by atoms with Gasteiger partial charge in [0.05, 0.1) is 5.75 Å². The van der Waals surface area contributed by atoms with Crippen LogP contribution in [0.25, 0.3) is 0 Å². The molecule has 0 radical (unpaired) electrons. The van der Waals surface area contributed by atoms with Crippen LogP contribution in [0.15, 0.2) is 41.6 Å². The van der Waals surface area contributed by atoms with Crippen molar-refractivity contribution in [2.45, 2.75) is 39.1 Å². The fraction of sp³-hybridized carbons (Fsp3) is 0.286. The highest BCUT2D eigenvalue weighted by Gasteiger charge is 2.14. The average Bonchev–Trinajstić information content (AvgIpc) is 3.12. The lowest BCUT2D eigenvalue weighted by atomic mass is 10.1. The molecule has 0 saturated carbocycles. The molecule has 0 aliphatic heterocycles. The van der Waals surface area contributed by atoms with E-state index >= 15 is 0 Å². The fourth-order valence-electron chi connectivity index (χ4n) is 2.85. The molecule has 1 aromatic heterocycles. The molecule has 0 spiro atoms. The predicted octanol–water partition coefficient (Wildman–Crippen LogP) is 5.02. The SMILES string of the molecule is CCn1c(COc2cc(C)c(Cl)c(C)c2)nnc1SCC(=O)Nc1ccc(F)cc1. The van der Waals surface area contributed by atoms with Crippen LogP contribution in [0, 0.1) is 19.7 Å². The highest BCUT2D eigenvalue weighted by Crippen LogP contribution is 2.26. The first kappa shape index (κ1) is 22.1. The van der Waals surface area contributed by atoms with Crippen LogP contribution < -0.4 is 10.1 Å². The van der Waals surface area contributed by atoms with E-state index in [4.69, 9.17) is 16.3 Å². The normalized spacial score (nSPS) is 10.8. The molecule has 0 atom stereocenters. The number of thioether (sulfide) groups is 1. The molecule has 1 N–H and O–H groups in total. The van der Waals surface area contributed by atoms with E-state index in [0.717, 1.165) is 16.1 Å². The van der Waals surface area contributed by atoms with Gasteiger partial charge in [-0.15, -0.1) is 10.2 Å². The molecule has 6 nitrogen and oxygen atoms in total. The Hall–Kier alpha value is -2.58. The molecule has 0 aliphatic rings. The number of carbonyl (C=O) groups is 1. The molecule has 30 heavy (non-hydrogen) atoms. The van der Waals surface area contributed by atoms with E-state index in [2.05, 4.69) is 15.5 Å². The first-order valence-corrected chi connectivity index (χ1v) is 10.7. The number of halogens is 2. The number of benzene rings is 2. The highest BCUT2D eigenvalue weighted by atomic mass is 35.5. The third kappa shape index (κ3) is 5.52. The van der Waals surface area contributed by atoms with Crippen LogP contribution in [0.5, 0.6) is 5.75 Å². The quantitative estimate of drug-likeness (QED) is 0.490. The zero-order valence-electron chi connectivity index (χ0n) is 16.9. The van der Waals surface area contributed by atoms with Gasteiger partial charge in [0.15, 0.2) is 11.0 Å². The molecule has 2 aromatic carbocycles.